The molecule has 1 aliphatic heterocycles. The number of aryl methyl sites for hydroxylation is 1. The van der Waals surface area contributed by atoms with E-state index in [1.807, 2.05) is 82.2 Å². The topological polar surface area (TPSA) is 73.3 Å². The average molecular weight is 466 g/mol. The maximum atomic E-state index is 13.2. The standard InChI is InChI=1S/C27H35N3O4/c1-7-16-34-21-12-13-22(18(2)17-21)25(31)23-24(19-8-10-20(11-9-19)29(5)6)30(15-14-28(3)4)27(33)26(23)32/h8-13,17,24,31H,7,14-16H2,1-6H3/t24-/m1/s1. The van der Waals surface area contributed by atoms with E-state index in [2.05, 4.69) is 0 Å². The highest BCUT2D eigenvalue weighted by molar-refractivity contribution is 6.46. The van der Waals surface area contributed by atoms with Crippen molar-refractivity contribution in [2.45, 2.75) is 26.3 Å². The van der Waals surface area contributed by atoms with Crippen molar-refractivity contribution >= 4 is 23.1 Å². The van der Waals surface area contributed by atoms with Crippen molar-refractivity contribution in [1.82, 2.24) is 9.80 Å². The predicted octanol–water partition coefficient (Wildman–Crippen LogP) is 3.83. The fourth-order valence-electron chi connectivity index (χ4n) is 4.08. The van der Waals surface area contributed by atoms with Crippen LogP contribution in [0.1, 0.15) is 36.1 Å². The molecule has 0 aliphatic carbocycles. The molecule has 0 aromatic heterocycles. The minimum Gasteiger partial charge on any atom is -0.507 e. The summed E-state index contributed by atoms with van der Waals surface area (Å²) in [6.45, 7) is 5.47. The summed E-state index contributed by atoms with van der Waals surface area (Å²) in [5.74, 6) is -0.709. The van der Waals surface area contributed by atoms with Gasteiger partial charge in [-0.2, -0.15) is 0 Å². The predicted molar refractivity (Wildman–Crippen MR) is 135 cm³/mol. The lowest BCUT2D eigenvalue weighted by Gasteiger charge is -2.27. The number of Topliss-reactive ketones (excluding diaryl/α,β-unsaturated/α-hetero) is 1. The van der Waals surface area contributed by atoms with Gasteiger partial charge >= 0.3 is 0 Å². The van der Waals surface area contributed by atoms with E-state index in [-0.39, 0.29) is 11.3 Å². The molecule has 0 radical (unpaired) electrons. The normalized spacial score (nSPS) is 17.5. The molecule has 1 atom stereocenters. The third kappa shape index (κ3) is 5.25. The number of likely N-dealkylation sites (N-methyl/N-ethyl adjacent to an activating group) is 1. The van der Waals surface area contributed by atoms with Gasteiger partial charge in [0.25, 0.3) is 11.7 Å². The van der Waals surface area contributed by atoms with Gasteiger partial charge in [0, 0.05) is 38.4 Å². The lowest BCUT2D eigenvalue weighted by Crippen LogP contribution is -2.35. The van der Waals surface area contributed by atoms with Gasteiger partial charge in [-0.15, -0.1) is 0 Å². The first kappa shape index (κ1) is 25.3. The highest BCUT2D eigenvalue weighted by Crippen LogP contribution is 2.40. The number of hydrogen-bond acceptors (Lipinski definition) is 6. The Morgan fingerprint density at radius 3 is 2.29 bits per heavy atom. The number of aliphatic hydroxyl groups is 1. The van der Waals surface area contributed by atoms with E-state index < -0.39 is 17.7 Å². The van der Waals surface area contributed by atoms with Crippen LogP contribution in [0.25, 0.3) is 5.76 Å². The molecule has 0 unspecified atom stereocenters. The second-order valence-electron chi connectivity index (χ2n) is 9.11. The van der Waals surface area contributed by atoms with Crippen LogP contribution in [0, 0.1) is 6.92 Å². The molecule has 1 N–H and O–H groups in total. The number of anilines is 1. The molecule has 0 saturated carbocycles. The third-order valence-electron chi connectivity index (χ3n) is 5.98. The maximum absolute atomic E-state index is 13.2. The summed E-state index contributed by atoms with van der Waals surface area (Å²) in [5, 5.41) is 11.3. The molecule has 1 saturated heterocycles. The van der Waals surface area contributed by atoms with Gasteiger partial charge in [0.2, 0.25) is 0 Å². The van der Waals surface area contributed by atoms with E-state index in [0.717, 1.165) is 23.2 Å². The van der Waals surface area contributed by atoms with E-state index in [4.69, 9.17) is 4.74 Å². The Labute approximate surface area is 202 Å². The van der Waals surface area contributed by atoms with Crippen LogP contribution in [0.4, 0.5) is 5.69 Å². The quantitative estimate of drug-likeness (QED) is 0.345. The zero-order valence-electron chi connectivity index (χ0n) is 21.0. The van der Waals surface area contributed by atoms with Crippen LogP contribution >= 0.6 is 0 Å². The van der Waals surface area contributed by atoms with Crippen molar-refractivity contribution in [3.8, 4) is 5.75 Å². The van der Waals surface area contributed by atoms with Gasteiger partial charge in [0.15, 0.2) is 0 Å². The number of aliphatic hydroxyl groups excluding tert-OH is 1. The largest absolute Gasteiger partial charge is 0.507 e. The maximum Gasteiger partial charge on any atom is 0.295 e. The number of hydrogen-bond donors (Lipinski definition) is 1. The number of likely N-dealkylation sites (tertiary alicyclic amines) is 1. The van der Waals surface area contributed by atoms with Crippen LogP contribution < -0.4 is 9.64 Å². The Hall–Kier alpha value is -3.32. The Kier molecular flexibility index (Phi) is 7.99. The van der Waals surface area contributed by atoms with Crippen molar-refractivity contribution in [2.24, 2.45) is 0 Å². The number of benzene rings is 2. The summed E-state index contributed by atoms with van der Waals surface area (Å²) >= 11 is 0. The lowest BCUT2D eigenvalue weighted by molar-refractivity contribution is -0.140. The second-order valence-corrected chi connectivity index (χ2v) is 9.11. The average Bonchev–Trinajstić information content (AvgIpc) is 3.05. The molecule has 7 nitrogen and oxygen atoms in total. The molecule has 1 fully saturated rings. The summed E-state index contributed by atoms with van der Waals surface area (Å²) in [7, 11) is 7.75. The van der Waals surface area contributed by atoms with Gasteiger partial charge in [-0.1, -0.05) is 19.1 Å². The van der Waals surface area contributed by atoms with Gasteiger partial charge in [0.1, 0.15) is 11.5 Å². The minimum atomic E-state index is -0.663. The molecule has 1 heterocycles. The highest BCUT2D eigenvalue weighted by atomic mass is 16.5. The van der Waals surface area contributed by atoms with Gasteiger partial charge in [-0.05, 0) is 68.9 Å². The van der Waals surface area contributed by atoms with Crippen molar-refractivity contribution in [2.75, 3.05) is 52.8 Å². The molecule has 1 amide bonds. The number of rotatable bonds is 9. The van der Waals surface area contributed by atoms with Gasteiger partial charge in [-0.25, -0.2) is 0 Å². The summed E-state index contributed by atoms with van der Waals surface area (Å²) in [6.07, 6.45) is 0.893. The number of ketones is 1. The summed E-state index contributed by atoms with van der Waals surface area (Å²) in [6, 6.07) is 12.4. The highest BCUT2D eigenvalue weighted by Gasteiger charge is 2.46. The molecular formula is C27H35N3O4. The Balaban J connectivity index is 2.10. The minimum absolute atomic E-state index is 0.117. The van der Waals surface area contributed by atoms with Crippen molar-refractivity contribution < 1.29 is 19.4 Å². The van der Waals surface area contributed by atoms with Gasteiger partial charge in [-0.3, -0.25) is 9.59 Å². The third-order valence-corrected chi connectivity index (χ3v) is 5.98. The molecule has 2 aromatic rings. The Morgan fingerprint density at radius 2 is 1.74 bits per heavy atom. The van der Waals surface area contributed by atoms with Gasteiger partial charge < -0.3 is 24.5 Å². The molecule has 34 heavy (non-hydrogen) atoms. The fourth-order valence-corrected chi connectivity index (χ4v) is 4.08. The molecule has 7 heteroatoms. The van der Waals surface area contributed by atoms with E-state index in [9.17, 15) is 14.7 Å². The summed E-state index contributed by atoms with van der Waals surface area (Å²) in [4.78, 5) is 31.8. The van der Waals surface area contributed by atoms with E-state index in [0.29, 0.717) is 31.0 Å². The number of carbonyl (C=O) groups excluding carboxylic acids is 2. The summed E-state index contributed by atoms with van der Waals surface area (Å²) < 4.78 is 5.69. The first-order valence-electron chi connectivity index (χ1n) is 11.6. The van der Waals surface area contributed by atoms with Crippen LogP contribution in [-0.2, 0) is 9.59 Å². The van der Waals surface area contributed by atoms with Gasteiger partial charge in [0.05, 0.1) is 18.2 Å². The molecule has 1 aliphatic rings. The Morgan fingerprint density at radius 1 is 1.06 bits per heavy atom. The van der Waals surface area contributed by atoms with Crippen LogP contribution in [0.15, 0.2) is 48.0 Å². The first-order valence-corrected chi connectivity index (χ1v) is 11.6. The summed E-state index contributed by atoms with van der Waals surface area (Å²) in [5.41, 5.74) is 3.20. The Bertz CT molecular complexity index is 1070. The zero-order valence-corrected chi connectivity index (χ0v) is 21.0. The van der Waals surface area contributed by atoms with E-state index >= 15 is 0 Å². The number of ether oxygens (including phenoxy) is 1. The van der Waals surface area contributed by atoms with Crippen molar-refractivity contribution in [1.29, 1.82) is 0 Å². The van der Waals surface area contributed by atoms with Crippen LogP contribution in [0.2, 0.25) is 0 Å². The monoisotopic (exact) mass is 465 g/mol. The molecular weight excluding hydrogens is 430 g/mol. The second kappa shape index (κ2) is 10.7. The molecule has 2 aromatic carbocycles. The molecule has 0 bridgehead atoms. The van der Waals surface area contributed by atoms with Crippen molar-refractivity contribution in [3.05, 3.63) is 64.7 Å². The zero-order chi connectivity index (χ0) is 25.0. The number of carbonyl (C=O) groups is 2. The fraction of sp³-hybridized carbons (Fsp3) is 0.407. The number of nitrogens with zero attached hydrogens (tertiary/aromatic N) is 3. The van der Waals surface area contributed by atoms with Crippen LogP contribution in [0.3, 0.4) is 0 Å². The lowest BCUT2D eigenvalue weighted by atomic mass is 9.93. The van der Waals surface area contributed by atoms with E-state index in [1.165, 1.54) is 0 Å². The first-order chi connectivity index (χ1) is 16.1. The molecule has 3 rings (SSSR count). The van der Waals surface area contributed by atoms with Crippen molar-refractivity contribution in [3.63, 3.8) is 0 Å². The number of amides is 1. The van der Waals surface area contributed by atoms with Crippen LogP contribution in [-0.4, -0.2) is 74.5 Å². The molecule has 182 valence electrons. The van der Waals surface area contributed by atoms with E-state index in [1.54, 1.807) is 17.0 Å². The SMILES string of the molecule is CCCOc1ccc(C(O)=C2C(=O)C(=O)N(CCN(C)C)[C@@H]2c2ccc(N(C)C)cc2)c(C)c1. The molecule has 0 spiro atoms. The van der Waals surface area contributed by atoms with Crippen LogP contribution in [0.5, 0.6) is 5.75 Å². The smallest absolute Gasteiger partial charge is 0.295 e.